The summed E-state index contributed by atoms with van der Waals surface area (Å²) in [6.45, 7) is 15.3. The molecular formula is C43H49Cl2N5O9. The molecule has 0 spiro atoms. The van der Waals surface area contributed by atoms with Crippen LogP contribution in [0.4, 0.5) is 10.5 Å². The Kier molecular flexibility index (Phi) is 12.3. The van der Waals surface area contributed by atoms with Gasteiger partial charge in [-0.3, -0.25) is 9.59 Å². The summed E-state index contributed by atoms with van der Waals surface area (Å²) >= 11 is 13.0. The number of alkyl carbamates (subject to hydrolysis) is 1. The van der Waals surface area contributed by atoms with Crippen LogP contribution in [0.25, 0.3) is 28.1 Å². The molecule has 314 valence electrons. The lowest BCUT2D eigenvalue weighted by Crippen LogP contribution is -2.55. The summed E-state index contributed by atoms with van der Waals surface area (Å²) in [5.41, 5.74) is 2.00. The maximum absolute atomic E-state index is 14.3. The summed E-state index contributed by atoms with van der Waals surface area (Å²) < 4.78 is 30.4. The van der Waals surface area contributed by atoms with Crippen LogP contribution in [-0.2, 0) is 30.4 Å². The second-order valence-electron chi connectivity index (χ2n) is 16.9. The first-order valence-electron chi connectivity index (χ1n) is 19.1. The maximum Gasteiger partial charge on any atom is 0.408 e. The van der Waals surface area contributed by atoms with Gasteiger partial charge in [0, 0.05) is 45.0 Å². The van der Waals surface area contributed by atoms with Crippen molar-refractivity contribution in [2.75, 3.05) is 32.2 Å². The van der Waals surface area contributed by atoms with Gasteiger partial charge in [0.1, 0.15) is 35.3 Å². The fourth-order valence-electron chi connectivity index (χ4n) is 6.83. The van der Waals surface area contributed by atoms with Crippen molar-refractivity contribution in [1.82, 2.24) is 20.0 Å². The summed E-state index contributed by atoms with van der Waals surface area (Å²) in [4.78, 5) is 55.4. The maximum atomic E-state index is 14.3. The van der Waals surface area contributed by atoms with Crippen molar-refractivity contribution in [3.05, 3.63) is 75.9 Å². The smallest absolute Gasteiger partial charge is 0.408 e. The molecule has 1 fully saturated rings. The molecule has 2 aliphatic heterocycles. The zero-order valence-electron chi connectivity index (χ0n) is 34.6. The molecule has 1 saturated heterocycles. The fraction of sp³-hybridized carbons (Fsp3) is 0.419. The van der Waals surface area contributed by atoms with Gasteiger partial charge < -0.3 is 39.2 Å². The lowest BCUT2D eigenvalue weighted by atomic mass is 9.95. The Balaban J connectivity index is 1.37. The number of nitrogens with zero attached hydrogens (tertiary/aromatic N) is 3. The molecule has 3 amide bonds. The molecule has 14 nitrogen and oxygen atoms in total. The standard InChI is InChI=1S/C43H49Cl2N5O9/c1-41(2,3)58-39(53)32(47-40(54)59-42(4,5)6)20-35(51)46-27-12-10-11-24(15-27)29-19-30-34(21-33(29)55-9)57-22-31-36(38(52)49-13-14-56-23-43(49,7)8)48-50(37(30)31)28-17-25(44)16-26(45)18-28/h10-12,15-19,21,32H,13-14,20,22-23H2,1-9H3,(H,46,51)(H,47,54)/t32-/m1/s1. The van der Waals surface area contributed by atoms with E-state index in [-0.39, 0.29) is 18.2 Å². The monoisotopic (exact) mass is 849 g/mol. The number of esters is 1. The molecule has 0 bridgehead atoms. The van der Waals surface area contributed by atoms with Gasteiger partial charge in [0.15, 0.2) is 5.69 Å². The van der Waals surface area contributed by atoms with Crippen molar-refractivity contribution >= 4 is 52.8 Å². The van der Waals surface area contributed by atoms with Crippen molar-refractivity contribution in [3.63, 3.8) is 0 Å². The zero-order valence-corrected chi connectivity index (χ0v) is 36.1. The van der Waals surface area contributed by atoms with Gasteiger partial charge >= 0.3 is 12.1 Å². The van der Waals surface area contributed by atoms with Gasteiger partial charge in [-0.15, -0.1) is 0 Å². The summed E-state index contributed by atoms with van der Waals surface area (Å²) in [5.74, 6) is -0.640. The van der Waals surface area contributed by atoms with E-state index >= 15 is 0 Å². The lowest BCUT2D eigenvalue weighted by molar-refractivity contribution is -0.158. The number of fused-ring (bicyclic) bond motifs is 3. The van der Waals surface area contributed by atoms with E-state index in [1.165, 1.54) is 0 Å². The van der Waals surface area contributed by atoms with E-state index in [1.54, 1.807) is 101 Å². The molecule has 0 saturated carbocycles. The molecule has 59 heavy (non-hydrogen) atoms. The van der Waals surface area contributed by atoms with Gasteiger partial charge in [0.05, 0.1) is 43.7 Å². The Hall–Kier alpha value is -5.31. The van der Waals surface area contributed by atoms with E-state index in [4.69, 9.17) is 52.0 Å². The number of rotatable bonds is 9. The number of carbonyl (C=O) groups is 4. The normalized spacial score (nSPS) is 15.2. The van der Waals surface area contributed by atoms with Gasteiger partial charge in [-0.1, -0.05) is 35.3 Å². The third-order valence-electron chi connectivity index (χ3n) is 9.33. The van der Waals surface area contributed by atoms with Crippen LogP contribution in [0.15, 0.2) is 54.6 Å². The van der Waals surface area contributed by atoms with Gasteiger partial charge in [0.2, 0.25) is 5.91 Å². The third-order valence-corrected chi connectivity index (χ3v) is 9.76. The molecule has 2 N–H and O–H groups in total. The minimum absolute atomic E-state index is 0.0551. The highest BCUT2D eigenvalue weighted by molar-refractivity contribution is 6.34. The molecule has 0 radical (unpaired) electrons. The second-order valence-corrected chi connectivity index (χ2v) is 17.8. The average Bonchev–Trinajstić information content (AvgIpc) is 3.52. The highest BCUT2D eigenvalue weighted by Gasteiger charge is 2.39. The highest BCUT2D eigenvalue weighted by Crippen LogP contribution is 2.47. The first-order chi connectivity index (χ1) is 27.6. The largest absolute Gasteiger partial charge is 0.496 e. The van der Waals surface area contributed by atoms with Crippen molar-refractivity contribution in [1.29, 1.82) is 0 Å². The number of methoxy groups -OCH3 is 1. The number of hydrogen-bond acceptors (Lipinski definition) is 10. The quantitative estimate of drug-likeness (QED) is 0.157. The second kappa shape index (κ2) is 16.7. The van der Waals surface area contributed by atoms with Crippen LogP contribution in [0.3, 0.4) is 0 Å². The molecule has 3 aromatic carbocycles. The molecule has 0 unspecified atom stereocenters. The van der Waals surface area contributed by atoms with Gasteiger partial charge in [-0.2, -0.15) is 5.10 Å². The number of nitrogens with one attached hydrogen (secondary N) is 2. The highest BCUT2D eigenvalue weighted by atomic mass is 35.5. The molecule has 0 aliphatic carbocycles. The number of amides is 3. The van der Waals surface area contributed by atoms with Crippen LogP contribution >= 0.6 is 23.2 Å². The van der Waals surface area contributed by atoms with Crippen molar-refractivity contribution < 1.29 is 42.9 Å². The zero-order chi connectivity index (χ0) is 43.0. The Morgan fingerprint density at radius 2 is 1.63 bits per heavy atom. The summed E-state index contributed by atoms with van der Waals surface area (Å²) in [5, 5.41) is 11.0. The van der Waals surface area contributed by atoms with Crippen molar-refractivity contribution in [3.8, 4) is 39.6 Å². The van der Waals surface area contributed by atoms with Gasteiger partial charge in [-0.25, -0.2) is 14.3 Å². The number of hydrogen-bond donors (Lipinski definition) is 2. The molecule has 6 rings (SSSR count). The molecule has 1 aromatic heterocycles. The molecule has 16 heteroatoms. The predicted octanol–water partition coefficient (Wildman–Crippen LogP) is 8.23. The van der Waals surface area contributed by atoms with Gasteiger partial charge in [0.25, 0.3) is 5.91 Å². The van der Waals surface area contributed by atoms with Crippen LogP contribution in [0, 0.1) is 0 Å². The van der Waals surface area contributed by atoms with Crippen LogP contribution in [0.1, 0.15) is 77.9 Å². The number of anilines is 1. The minimum atomic E-state index is -1.33. The van der Waals surface area contributed by atoms with Crippen LogP contribution in [0.2, 0.25) is 10.0 Å². The van der Waals surface area contributed by atoms with Crippen LogP contribution < -0.4 is 20.1 Å². The number of halogens is 2. The predicted molar refractivity (Wildman–Crippen MR) is 224 cm³/mol. The summed E-state index contributed by atoms with van der Waals surface area (Å²) in [6.07, 6.45) is -1.29. The van der Waals surface area contributed by atoms with Gasteiger partial charge in [-0.05, 0) is 97.4 Å². The number of benzene rings is 3. The van der Waals surface area contributed by atoms with Crippen molar-refractivity contribution in [2.24, 2.45) is 0 Å². The molecule has 3 heterocycles. The Morgan fingerprint density at radius 1 is 0.932 bits per heavy atom. The summed E-state index contributed by atoms with van der Waals surface area (Å²) in [6, 6.07) is 14.4. The molecule has 2 aliphatic rings. The molecular weight excluding hydrogens is 801 g/mol. The Bertz CT molecular complexity index is 2270. The Morgan fingerprint density at radius 3 is 2.27 bits per heavy atom. The van der Waals surface area contributed by atoms with E-state index in [1.807, 2.05) is 26.0 Å². The fourth-order valence-corrected chi connectivity index (χ4v) is 7.35. The molecule has 1 atom stereocenters. The van der Waals surface area contributed by atoms with Crippen LogP contribution in [-0.4, -0.2) is 88.2 Å². The molecule has 4 aromatic rings. The number of ether oxygens (including phenoxy) is 5. The third kappa shape index (κ3) is 10.1. The number of aromatic nitrogens is 2. The number of morpholine rings is 1. The topological polar surface area (TPSA) is 160 Å². The number of carbonyl (C=O) groups excluding carboxylic acids is 4. The van der Waals surface area contributed by atoms with E-state index in [9.17, 15) is 19.2 Å². The van der Waals surface area contributed by atoms with E-state index in [2.05, 4.69) is 10.6 Å². The van der Waals surface area contributed by atoms with E-state index in [0.717, 1.165) is 0 Å². The lowest BCUT2D eigenvalue weighted by Gasteiger charge is -2.41. The SMILES string of the molecule is COc1cc2c(cc1-c1cccc(NC(=O)C[C@@H](NC(=O)OC(C)(C)C)C(=O)OC(C)(C)C)c1)-c1c(c(C(=O)N3CCOCC3(C)C)nn1-c1cc(Cl)cc(Cl)c1)CO2. The minimum Gasteiger partial charge on any atom is -0.496 e. The first-order valence-corrected chi connectivity index (χ1v) is 19.8. The van der Waals surface area contributed by atoms with Crippen LogP contribution in [0.5, 0.6) is 11.5 Å². The van der Waals surface area contributed by atoms with E-state index in [0.29, 0.717) is 80.6 Å². The first kappa shape index (κ1) is 43.3. The van der Waals surface area contributed by atoms with Crippen molar-refractivity contribution in [2.45, 2.75) is 91.2 Å². The Labute approximate surface area is 353 Å². The average molecular weight is 851 g/mol. The summed E-state index contributed by atoms with van der Waals surface area (Å²) in [7, 11) is 1.54. The van der Waals surface area contributed by atoms with E-state index < -0.39 is 47.2 Å².